The first kappa shape index (κ1) is 27.9. The Morgan fingerprint density at radius 1 is 1.15 bits per heavy atom. The molecule has 5 aliphatic rings. The van der Waals surface area contributed by atoms with Crippen molar-refractivity contribution in [1.29, 1.82) is 0 Å². The molecule has 216 valence electrons. The minimum Gasteiger partial charge on any atom is -0.466 e. The molecule has 5 fully saturated rings. The minimum absolute atomic E-state index is 0.0339. The van der Waals surface area contributed by atoms with Crippen LogP contribution in [0.4, 0.5) is 5.95 Å². The zero-order valence-corrected chi connectivity index (χ0v) is 22.6. The molecule has 0 aromatic carbocycles. The van der Waals surface area contributed by atoms with E-state index in [0.29, 0.717) is 31.7 Å². The number of carbonyl (C=O) groups is 2. The lowest BCUT2D eigenvalue weighted by atomic mass is 9.58. The van der Waals surface area contributed by atoms with Crippen LogP contribution in [0.5, 0.6) is 0 Å². The van der Waals surface area contributed by atoms with Crippen molar-refractivity contribution in [2.24, 2.45) is 23.7 Å². The van der Waals surface area contributed by atoms with Gasteiger partial charge in [0.2, 0.25) is 12.1 Å². The first-order valence-corrected chi connectivity index (χ1v) is 13.8. The SMILES string of the molecule is C[C@H]1[C@H](OC(=O)CCC(=O)OCCCCn2ccnc2[N+](=O)[O-])O[C@@H]2O[C@@]3(C)CC[C@H]4[C@H](C)CC[C@@H]1[C@@]24OO3. The quantitative estimate of drug-likeness (QED) is 0.138. The van der Waals surface area contributed by atoms with Crippen LogP contribution >= 0.6 is 0 Å². The van der Waals surface area contributed by atoms with Crippen LogP contribution in [0.1, 0.15) is 72.1 Å². The molecule has 4 saturated heterocycles. The fraction of sp³-hybridized carbons (Fsp3) is 0.808. The van der Waals surface area contributed by atoms with Gasteiger partial charge < -0.3 is 29.1 Å². The molecule has 0 radical (unpaired) electrons. The summed E-state index contributed by atoms with van der Waals surface area (Å²) in [5, 5.41) is 10.9. The maximum absolute atomic E-state index is 12.7. The Hall–Kier alpha value is -2.61. The molecule has 1 aliphatic carbocycles. The van der Waals surface area contributed by atoms with Gasteiger partial charge in [-0.3, -0.25) is 9.59 Å². The maximum Gasteiger partial charge on any atom is 0.434 e. The normalized spacial score (nSPS) is 37.0. The Balaban J connectivity index is 1.08. The highest BCUT2D eigenvalue weighted by Crippen LogP contribution is 2.60. The summed E-state index contributed by atoms with van der Waals surface area (Å²) in [4.78, 5) is 50.7. The van der Waals surface area contributed by atoms with Gasteiger partial charge in [0.05, 0.1) is 26.0 Å². The Labute approximate surface area is 226 Å². The van der Waals surface area contributed by atoms with Crippen LogP contribution in [-0.2, 0) is 44.9 Å². The van der Waals surface area contributed by atoms with Gasteiger partial charge in [0.15, 0.2) is 11.9 Å². The van der Waals surface area contributed by atoms with Crippen molar-refractivity contribution in [3.8, 4) is 0 Å². The highest BCUT2D eigenvalue weighted by Gasteiger charge is 2.69. The van der Waals surface area contributed by atoms with Crippen LogP contribution in [0, 0.1) is 33.8 Å². The zero-order chi connectivity index (χ0) is 27.8. The van der Waals surface area contributed by atoms with Crippen molar-refractivity contribution in [1.82, 2.24) is 9.55 Å². The molecule has 13 nitrogen and oxygen atoms in total. The number of carbonyl (C=O) groups excluding carboxylic acids is 2. The number of aryl methyl sites for hydroxylation is 1. The van der Waals surface area contributed by atoms with Crippen LogP contribution in [-0.4, -0.2) is 57.0 Å². The average Bonchev–Trinajstić information content (AvgIpc) is 3.26. The van der Waals surface area contributed by atoms with Gasteiger partial charge in [-0.1, -0.05) is 18.8 Å². The summed E-state index contributed by atoms with van der Waals surface area (Å²) < 4.78 is 24.9. The van der Waals surface area contributed by atoms with Crippen molar-refractivity contribution in [2.75, 3.05) is 6.61 Å². The van der Waals surface area contributed by atoms with Gasteiger partial charge in [0, 0.05) is 18.3 Å². The van der Waals surface area contributed by atoms with Gasteiger partial charge in [0.25, 0.3) is 0 Å². The Morgan fingerprint density at radius 2 is 1.95 bits per heavy atom. The van der Waals surface area contributed by atoms with Crippen molar-refractivity contribution in [2.45, 2.75) is 103 Å². The molecule has 1 aromatic rings. The molecule has 1 aromatic heterocycles. The van der Waals surface area contributed by atoms with Crippen LogP contribution in [0.2, 0.25) is 0 Å². The zero-order valence-electron chi connectivity index (χ0n) is 22.6. The van der Waals surface area contributed by atoms with Crippen LogP contribution in [0.25, 0.3) is 0 Å². The van der Waals surface area contributed by atoms with Crippen molar-refractivity contribution in [3.63, 3.8) is 0 Å². The molecule has 0 N–H and O–H groups in total. The summed E-state index contributed by atoms with van der Waals surface area (Å²) in [6.07, 6.45) is 5.76. The molecule has 0 amide bonds. The minimum atomic E-state index is -0.913. The third-order valence-electron chi connectivity index (χ3n) is 8.79. The molecule has 2 bridgehead atoms. The lowest BCUT2D eigenvalue weighted by molar-refractivity contribution is -0.576. The fourth-order valence-corrected chi connectivity index (χ4v) is 6.69. The number of fused-ring (bicyclic) bond motifs is 2. The number of rotatable bonds is 10. The van der Waals surface area contributed by atoms with Gasteiger partial charge in [-0.2, -0.15) is 0 Å². The molecule has 5 heterocycles. The van der Waals surface area contributed by atoms with E-state index in [1.807, 2.05) is 13.8 Å². The summed E-state index contributed by atoms with van der Waals surface area (Å²) in [6, 6.07) is 0. The summed E-state index contributed by atoms with van der Waals surface area (Å²) in [5.41, 5.74) is -0.734. The number of hydrogen-bond donors (Lipinski definition) is 0. The predicted octanol–water partition coefficient (Wildman–Crippen LogP) is 3.65. The van der Waals surface area contributed by atoms with E-state index < -0.39 is 40.8 Å². The third kappa shape index (κ3) is 5.41. The molecule has 0 unspecified atom stereocenters. The monoisotopic (exact) mass is 551 g/mol. The first-order valence-electron chi connectivity index (χ1n) is 13.8. The number of ether oxygens (including phenoxy) is 4. The number of hydrogen-bond acceptors (Lipinski definition) is 11. The van der Waals surface area contributed by atoms with Crippen molar-refractivity contribution >= 4 is 17.9 Å². The number of imidazole rings is 1. The summed E-state index contributed by atoms with van der Waals surface area (Å²) in [5.74, 6) is -1.65. The maximum atomic E-state index is 12.7. The van der Waals surface area contributed by atoms with Gasteiger partial charge in [-0.25, -0.2) is 14.3 Å². The lowest BCUT2D eigenvalue weighted by Crippen LogP contribution is -2.70. The largest absolute Gasteiger partial charge is 0.466 e. The molecule has 4 aliphatic heterocycles. The Bertz CT molecular complexity index is 1080. The molecule has 8 atom stereocenters. The van der Waals surface area contributed by atoms with Gasteiger partial charge in [-0.15, -0.1) is 0 Å². The fourth-order valence-electron chi connectivity index (χ4n) is 6.69. The summed E-state index contributed by atoms with van der Waals surface area (Å²) in [6.45, 7) is 6.62. The van der Waals surface area contributed by atoms with E-state index in [4.69, 9.17) is 28.7 Å². The number of esters is 2. The lowest BCUT2D eigenvalue weighted by Gasteiger charge is -2.59. The number of nitro groups is 1. The molecular formula is C26H37N3O10. The smallest absolute Gasteiger partial charge is 0.434 e. The molecule has 13 heteroatoms. The molecule has 6 rings (SSSR count). The van der Waals surface area contributed by atoms with Gasteiger partial charge >= 0.3 is 17.9 Å². The van der Waals surface area contributed by atoms with E-state index in [1.165, 1.54) is 17.0 Å². The Morgan fingerprint density at radius 3 is 2.74 bits per heavy atom. The molecule has 1 saturated carbocycles. The van der Waals surface area contributed by atoms with Crippen LogP contribution in [0.15, 0.2) is 12.4 Å². The first-order chi connectivity index (χ1) is 18.6. The van der Waals surface area contributed by atoms with Crippen molar-refractivity contribution in [3.05, 3.63) is 22.5 Å². The molecule has 1 spiro atoms. The third-order valence-corrected chi connectivity index (χ3v) is 8.79. The second-order valence-electron chi connectivity index (χ2n) is 11.4. The molecular weight excluding hydrogens is 514 g/mol. The average molecular weight is 552 g/mol. The van der Waals surface area contributed by atoms with Gasteiger partial charge in [0.1, 0.15) is 12.4 Å². The van der Waals surface area contributed by atoms with Crippen LogP contribution < -0.4 is 0 Å². The van der Waals surface area contributed by atoms with E-state index in [9.17, 15) is 19.7 Å². The van der Waals surface area contributed by atoms with E-state index in [1.54, 1.807) is 0 Å². The number of aromatic nitrogens is 2. The highest BCUT2D eigenvalue weighted by molar-refractivity contribution is 5.77. The standard InChI is InChI=1S/C26H37N3O10/c1-16-6-7-19-17(2)22(36-23-26(19)18(16)10-11-25(3,37-23)38-39-26)35-21(31)9-8-20(30)34-15-5-4-13-28-14-12-27-24(28)29(32)33/h12,14,16-19,22-23H,4-11,13,15H2,1-3H3/t16-,17-,18+,19+,22-,23-,25-,26-/m1/s1. The number of unbranched alkanes of at least 4 members (excludes halogenated alkanes) is 1. The Kier molecular flexibility index (Phi) is 7.96. The van der Waals surface area contributed by atoms with E-state index in [-0.39, 0.29) is 43.2 Å². The van der Waals surface area contributed by atoms with Gasteiger partial charge in [-0.05, 0) is 55.8 Å². The van der Waals surface area contributed by atoms with E-state index in [0.717, 1.165) is 19.3 Å². The van der Waals surface area contributed by atoms with Crippen molar-refractivity contribution < 1.29 is 43.2 Å². The second kappa shape index (κ2) is 11.1. The summed E-state index contributed by atoms with van der Waals surface area (Å²) in [7, 11) is 0. The van der Waals surface area contributed by atoms with E-state index >= 15 is 0 Å². The van der Waals surface area contributed by atoms with Crippen LogP contribution in [0.3, 0.4) is 0 Å². The highest BCUT2D eigenvalue weighted by atomic mass is 17.3. The summed E-state index contributed by atoms with van der Waals surface area (Å²) >= 11 is 0. The second-order valence-corrected chi connectivity index (χ2v) is 11.4. The topological polar surface area (TPSA) is 150 Å². The number of nitrogens with zero attached hydrogens (tertiary/aromatic N) is 3. The van der Waals surface area contributed by atoms with E-state index in [2.05, 4.69) is 11.9 Å². The molecule has 39 heavy (non-hydrogen) atoms. The predicted molar refractivity (Wildman–Crippen MR) is 131 cm³/mol.